The second-order valence-electron chi connectivity index (χ2n) is 4.98. The van der Waals surface area contributed by atoms with E-state index in [1.807, 2.05) is 0 Å². The van der Waals surface area contributed by atoms with Gasteiger partial charge < -0.3 is 11.1 Å². The molecule has 2 nitrogen and oxygen atoms in total. The zero-order valence-electron chi connectivity index (χ0n) is 9.72. The summed E-state index contributed by atoms with van der Waals surface area (Å²) < 4.78 is 12.9. The van der Waals surface area contributed by atoms with Crippen molar-refractivity contribution in [3.63, 3.8) is 0 Å². The average Bonchev–Trinajstić information content (AvgIpc) is 2.23. The van der Waals surface area contributed by atoms with Gasteiger partial charge in [-0.05, 0) is 38.0 Å². The number of nitrogens with one attached hydrogen (secondary N) is 1. The lowest BCUT2D eigenvalue weighted by molar-refractivity contribution is 0.349. The molecule has 0 unspecified atom stereocenters. The van der Waals surface area contributed by atoms with Gasteiger partial charge in [-0.2, -0.15) is 0 Å². The van der Waals surface area contributed by atoms with Crippen molar-refractivity contribution < 1.29 is 4.39 Å². The van der Waals surface area contributed by atoms with E-state index < -0.39 is 0 Å². The maximum atomic E-state index is 12.9. The fourth-order valence-electron chi connectivity index (χ4n) is 2.43. The molecule has 1 saturated carbocycles. The van der Waals surface area contributed by atoms with Crippen LogP contribution in [-0.4, -0.2) is 5.54 Å². The van der Waals surface area contributed by atoms with Gasteiger partial charge in [0.15, 0.2) is 0 Å². The quantitative estimate of drug-likeness (QED) is 0.751. The number of benzene rings is 1. The molecule has 1 aromatic carbocycles. The van der Waals surface area contributed by atoms with E-state index in [1.165, 1.54) is 31.4 Å². The van der Waals surface area contributed by atoms with Crippen molar-refractivity contribution in [1.82, 2.24) is 0 Å². The van der Waals surface area contributed by atoms with Gasteiger partial charge in [-0.3, -0.25) is 0 Å². The highest BCUT2D eigenvalue weighted by Gasteiger charge is 2.26. The van der Waals surface area contributed by atoms with Gasteiger partial charge in [0.1, 0.15) is 5.82 Å². The fraction of sp³-hybridized carbons (Fsp3) is 0.538. The minimum Gasteiger partial charge on any atom is -0.397 e. The zero-order valence-corrected chi connectivity index (χ0v) is 9.72. The van der Waals surface area contributed by atoms with Crippen LogP contribution >= 0.6 is 0 Å². The Kier molecular flexibility index (Phi) is 3.03. The molecule has 0 amide bonds. The molecule has 1 aliphatic carbocycles. The smallest absolute Gasteiger partial charge is 0.125 e. The second-order valence-corrected chi connectivity index (χ2v) is 4.98. The van der Waals surface area contributed by atoms with E-state index in [2.05, 4.69) is 12.2 Å². The zero-order chi connectivity index (χ0) is 11.6. The number of nitrogen functional groups attached to an aromatic ring is 1. The van der Waals surface area contributed by atoms with Crippen LogP contribution in [0.1, 0.15) is 39.0 Å². The maximum Gasteiger partial charge on any atom is 0.125 e. The molecule has 0 atom stereocenters. The molecule has 16 heavy (non-hydrogen) atoms. The van der Waals surface area contributed by atoms with Crippen molar-refractivity contribution in [2.45, 2.75) is 44.6 Å². The van der Waals surface area contributed by atoms with E-state index in [9.17, 15) is 4.39 Å². The minimum absolute atomic E-state index is 0.115. The normalized spacial score (nSPS) is 19.4. The lowest BCUT2D eigenvalue weighted by Gasteiger charge is -2.36. The minimum atomic E-state index is -0.281. The Morgan fingerprint density at radius 2 is 1.94 bits per heavy atom. The van der Waals surface area contributed by atoms with Crippen molar-refractivity contribution in [2.24, 2.45) is 0 Å². The van der Waals surface area contributed by atoms with Crippen molar-refractivity contribution in [3.05, 3.63) is 24.0 Å². The monoisotopic (exact) mass is 222 g/mol. The van der Waals surface area contributed by atoms with Crippen molar-refractivity contribution in [3.8, 4) is 0 Å². The molecule has 0 saturated heterocycles. The van der Waals surface area contributed by atoms with Gasteiger partial charge >= 0.3 is 0 Å². The van der Waals surface area contributed by atoms with Crippen molar-refractivity contribution in [2.75, 3.05) is 11.1 Å². The molecule has 0 bridgehead atoms. The number of rotatable bonds is 2. The van der Waals surface area contributed by atoms with Crippen molar-refractivity contribution >= 4 is 11.4 Å². The van der Waals surface area contributed by atoms with Gasteiger partial charge in [-0.1, -0.05) is 19.3 Å². The predicted molar refractivity (Wildman–Crippen MR) is 65.9 cm³/mol. The molecule has 0 heterocycles. The van der Waals surface area contributed by atoms with Crippen LogP contribution in [0.15, 0.2) is 18.2 Å². The lowest BCUT2D eigenvalue weighted by Crippen LogP contribution is -2.37. The summed E-state index contributed by atoms with van der Waals surface area (Å²) >= 11 is 0. The van der Waals surface area contributed by atoms with Gasteiger partial charge in [-0.15, -0.1) is 0 Å². The lowest BCUT2D eigenvalue weighted by atomic mass is 9.83. The van der Waals surface area contributed by atoms with Gasteiger partial charge in [0.05, 0.1) is 11.4 Å². The van der Waals surface area contributed by atoms with Crippen LogP contribution in [0.25, 0.3) is 0 Å². The van der Waals surface area contributed by atoms with Crippen LogP contribution in [0.3, 0.4) is 0 Å². The number of nitrogens with two attached hydrogens (primary N) is 1. The third kappa shape index (κ3) is 2.46. The van der Waals surface area contributed by atoms with Gasteiger partial charge in [0, 0.05) is 5.54 Å². The fourth-order valence-corrected chi connectivity index (χ4v) is 2.43. The Morgan fingerprint density at radius 1 is 1.25 bits per heavy atom. The number of hydrogen-bond acceptors (Lipinski definition) is 2. The average molecular weight is 222 g/mol. The third-order valence-corrected chi connectivity index (χ3v) is 3.41. The first kappa shape index (κ1) is 11.2. The first-order valence-electron chi connectivity index (χ1n) is 5.92. The topological polar surface area (TPSA) is 38.0 Å². The molecule has 1 aliphatic rings. The number of anilines is 2. The van der Waals surface area contributed by atoms with Crippen LogP contribution in [0.4, 0.5) is 15.8 Å². The Labute approximate surface area is 96.0 Å². The van der Waals surface area contributed by atoms with E-state index in [1.54, 1.807) is 6.07 Å². The molecular formula is C13H19FN2. The molecular weight excluding hydrogens is 203 g/mol. The molecule has 3 heteroatoms. The third-order valence-electron chi connectivity index (χ3n) is 3.41. The molecule has 2 rings (SSSR count). The molecule has 0 aromatic heterocycles. The highest BCUT2D eigenvalue weighted by Crippen LogP contribution is 2.33. The molecule has 0 aliphatic heterocycles. The summed E-state index contributed by atoms with van der Waals surface area (Å²) in [5.74, 6) is -0.281. The Morgan fingerprint density at radius 3 is 2.56 bits per heavy atom. The van der Waals surface area contributed by atoms with E-state index in [4.69, 9.17) is 5.73 Å². The summed E-state index contributed by atoms with van der Waals surface area (Å²) in [6, 6.07) is 4.55. The number of halogens is 1. The largest absolute Gasteiger partial charge is 0.397 e. The molecule has 0 radical (unpaired) electrons. The Balaban J connectivity index is 2.13. The first-order chi connectivity index (χ1) is 7.59. The van der Waals surface area contributed by atoms with Crippen LogP contribution in [-0.2, 0) is 0 Å². The number of hydrogen-bond donors (Lipinski definition) is 2. The molecule has 1 aromatic rings. The highest BCUT2D eigenvalue weighted by atomic mass is 19.1. The van der Waals surface area contributed by atoms with E-state index in [-0.39, 0.29) is 11.4 Å². The van der Waals surface area contributed by atoms with E-state index in [0.29, 0.717) is 5.69 Å². The molecule has 3 N–H and O–H groups in total. The van der Waals surface area contributed by atoms with E-state index >= 15 is 0 Å². The standard InChI is InChI=1S/C13H19FN2/c1-13(7-3-2-4-8-13)16-12-6-5-10(14)9-11(12)15/h5-6,9,16H,2-4,7-8,15H2,1H3. The SMILES string of the molecule is CC1(Nc2ccc(F)cc2N)CCCCC1. The first-order valence-corrected chi connectivity index (χ1v) is 5.92. The highest BCUT2D eigenvalue weighted by molar-refractivity contribution is 5.66. The predicted octanol–water partition coefficient (Wildman–Crippen LogP) is 3.54. The summed E-state index contributed by atoms with van der Waals surface area (Å²) in [5, 5.41) is 3.46. The summed E-state index contributed by atoms with van der Waals surface area (Å²) in [6.45, 7) is 2.22. The van der Waals surface area contributed by atoms with Crippen LogP contribution in [0, 0.1) is 5.82 Å². The molecule has 0 spiro atoms. The summed E-state index contributed by atoms with van der Waals surface area (Å²) in [4.78, 5) is 0. The summed E-state index contributed by atoms with van der Waals surface area (Å²) in [6.07, 6.45) is 6.14. The van der Waals surface area contributed by atoms with Crippen LogP contribution in [0.2, 0.25) is 0 Å². The van der Waals surface area contributed by atoms with Gasteiger partial charge in [0.2, 0.25) is 0 Å². The van der Waals surface area contributed by atoms with Crippen LogP contribution in [0.5, 0.6) is 0 Å². The Hall–Kier alpha value is -1.25. The van der Waals surface area contributed by atoms with E-state index in [0.717, 1.165) is 18.5 Å². The maximum absolute atomic E-state index is 12.9. The van der Waals surface area contributed by atoms with Gasteiger partial charge in [-0.25, -0.2) is 4.39 Å². The summed E-state index contributed by atoms with van der Waals surface area (Å²) in [5.41, 5.74) is 7.26. The molecule has 88 valence electrons. The van der Waals surface area contributed by atoms with Crippen molar-refractivity contribution in [1.29, 1.82) is 0 Å². The molecule has 1 fully saturated rings. The second kappa shape index (κ2) is 4.32. The Bertz CT molecular complexity index is 370. The van der Waals surface area contributed by atoms with Crippen LogP contribution < -0.4 is 11.1 Å². The van der Waals surface area contributed by atoms with Gasteiger partial charge in [0.25, 0.3) is 0 Å². The summed E-state index contributed by atoms with van der Waals surface area (Å²) in [7, 11) is 0.